The van der Waals surface area contributed by atoms with Crippen LogP contribution in [0.15, 0.2) is 12.2 Å². The maximum Gasteiger partial charge on any atom is 0.00922 e. The van der Waals surface area contributed by atoms with Crippen LogP contribution in [0.3, 0.4) is 0 Å². The normalized spacial score (nSPS) is 20.6. The second-order valence-corrected chi connectivity index (χ2v) is 3.60. The molecule has 0 aromatic rings. The van der Waals surface area contributed by atoms with Crippen molar-refractivity contribution in [3.63, 3.8) is 0 Å². The maximum absolute atomic E-state index is 3.13. The van der Waals surface area contributed by atoms with Crippen LogP contribution >= 0.6 is 0 Å². The summed E-state index contributed by atoms with van der Waals surface area (Å²) < 4.78 is 0. The van der Waals surface area contributed by atoms with Crippen LogP contribution in [0.2, 0.25) is 0 Å². The van der Waals surface area contributed by atoms with Gasteiger partial charge >= 0.3 is 0 Å². The zero-order chi connectivity index (χ0) is 9.90. The Hall–Kier alpha value is -1.14. The molecule has 0 radical (unpaired) electrons. The van der Waals surface area contributed by atoms with Gasteiger partial charge in [-0.05, 0) is 25.0 Å². The highest BCUT2D eigenvalue weighted by Gasteiger charge is 1.89. The second-order valence-electron chi connectivity index (χ2n) is 3.60. The third-order valence-electron chi connectivity index (χ3n) is 2.31. The van der Waals surface area contributed by atoms with E-state index in [2.05, 4.69) is 23.7 Å². The zero-order valence-electron chi connectivity index (χ0n) is 8.81. The van der Waals surface area contributed by atoms with Crippen molar-refractivity contribution in [2.24, 2.45) is 0 Å². The van der Waals surface area contributed by atoms with Crippen molar-refractivity contribution in [3.8, 4) is 23.7 Å². The third-order valence-corrected chi connectivity index (χ3v) is 2.31. The summed E-state index contributed by atoms with van der Waals surface area (Å²) in [6.07, 6.45) is 13.7. The minimum atomic E-state index is 1.04. The molecule has 1 aliphatic rings. The molecule has 0 bridgehead atoms. The largest absolute Gasteiger partial charge is 0.0985 e. The second kappa shape index (κ2) is 8.46. The van der Waals surface area contributed by atoms with Crippen molar-refractivity contribution < 1.29 is 0 Å². The van der Waals surface area contributed by atoms with E-state index in [4.69, 9.17) is 0 Å². The first kappa shape index (κ1) is 10.9. The van der Waals surface area contributed by atoms with E-state index in [0.29, 0.717) is 0 Å². The summed E-state index contributed by atoms with van der Waals surface area (Å²) in [5.41, 5.74) is 0. The summed E-state index contributed by atoms with van der Waals surface area (Å²) in [5.74, 6) is 12.3. The standard InChI is InChI=1S/C14H18/c1-2-4-6-8-10-12-14-13-11-9-7-5-3-1/h1-2H,7-14H2/b2-1-. The van der Waals surface area contributed by atoms with E-state index in [1.54, 1.807) is 0 Å². The maximum atomic E-state index is 3.13. The Labute approximate surface area is 87.8 Å². The third kappa shape index (κ3) is 6.38. The molecule has 0 aliphatic heterocycles. The molecule has 0 heterocycles. The summed E-state index contributed by atoms with van der Waals surface area (Å²) in [4.78, 5) is 0. The van der Waals surface area contributed by atoms with Gasteiger partial charge in [0.05, 0.1) is 0 Å². The van der Waals surface area contributed by atoms with Crippen LogP contribution in [0.25, 0.3) is 0 Å². The Bertz CT molecular complexity index is 245. The fourth-order valence-corrected chi connectivity index (χ4v) is 1.48. The summed E-state index contributed by atoms with van der Waals surface area (Å²) in [6.45, 7) is 0. The van der Waals surface area contributed by atoms with Crippen LogP contribution in [0, 0.1) is 23.7 Å². The topological polar surface area (TPSA) is 0 Å². The van der Waals surface area contributed by atoms with Gasteiger partial charge in [-0.2, -0.15) is 0 Å². The highest BCUT2D eigenvalue weighted by molar-refractivity contribution is 5.24. The number of rotatable bonds is 0. The van der Waals surface area contributed by atoms with Gasteiger partial charge in [-0.1, -0.05) is 49.4 Å². The molecule has 0 atom stereocenters. The molecule has 0 aromatic carbocycles. The van der Waals surface area contributed by atoms with Crippen LogP contribution in [-0.4, -0.2) is 0 Å². The average Bonchev–Trinajstić information content (AvgIpc) is 2.22. The Kier molecular flexibility index (Phi) is 6.61. The van der Waals surface area contributed by atoms with Gasteiger partial charge in [-0.15, -0.1) is 0 Å². The molecule has 0 heteroatoms. The minimum Gasteiger partial charge on any atom is -0.0985 e. The van der Waals surface area contributed by atoms with Gasteiger partial charge in [0.25, 0.3) is 0 Å². The number of hydrogen-bond acceptors (Lipinski definition) is 0. The van der Waals surface area contributed by atoms with Gasteiger partial charge in [-0.3, -0.25) is 0 Å². The molecule has 0 spiro atoms. The predicted molar refractivity (Wildman–Crippen MR) is 61.6 cm³/mol. The first-order valence-corrected chi connectivity index (χ1v) is 5.62. The summed E-state index contributed by atoms with van der Waals surface area (Å²) in [5, 5.41) is 0. The first-order valence-electron chi connectivity index (χ1n) is 5.62. The molecular formula is C14H18. The molecule has 14 heavy (non-hydrogen) atoms. The highest BCUT2D eigenvalue weighted by Crippen LogP contribution is 2.07. The Morgan fingerprint density at radius 2 is 1.00 bits per heavy atom. The minimum absolute atomic E-state index is 1.04. The molecule has 0 saturated heterocycles. The van der Waals surface area contributed by atoms with Gasteiger partial charge < -0.3 is 0 Å². The fraction of sp³-hybridized carbons (Fsp3) is 0.571. The summed E-state index contributed by atoms with van der Waals surface area (Å²) >= 11 is 0. The predicted octanol–water partition coefficient (Wildman–Crippen LogP) is 3.68. The molecule has 0 nitrogen and oxygen atoms in total. The SMILES string of the molecule is C1#CCCCCCCCCC#C/C=C\1. The molecule has 1 rings (SSSR count). The van der Waals surface area contributed by atoms with Crippen LogP contribution in [0.1, 0.15) is 51.4 Å². The fourth-order valence-electron chi connectivity index (χ4n) is 1.48. The molecule has 0 unspecified atom stereocenters. The molecule has 74 valence electrons. The van der Waals surface area contributed by atoms with E-state index in [0.717, 1.165) is 12.8 Å². The summed E-state index contributed by atoms with van der Waals surface area (Å²) in [7, 11) is 0. The van der Waals surface area contributed by atoms with E-state index >= 15 is 0 Å². The van der Waals surface area contributed by atoms with Crippen molar-refractivity contribution >= 4 is 0 Å². The quantitative estimate of drug-likeness (QED) is 0.506. The summed E-state index contributed by atoms with van der Waals surface area (Å²) in [6, 6.07) is 0. The molecule has 0 aromatic heterocycles. The van der Waals surface area contributed by atoms with Crippen LogP contribution in [-0.2, 0) is 0 Å². The van der Waals surface area contributed by atoms with E-state index in [-0.39, 0.29) is 0 Å². The smallest absolute Gasteiger partial charge is 0.00922 e. The monoisotopic (exact) mass is 186 g/mol. The first-order chi connectivity index (χ1) is 7.00. The Morgan fingerprint density at radius 3 is 1.50 bits per heavy atom. The van der Waals surface area contributed by atoms with Gasteiger partial charge in [0.15, 0.2) is 0 Å². The van der Waals surface area contributed by atoms with E-state index in [1.807, 2.05) is 12.2 Å². The van der Waals surface area contributed by atoms with E-state index in [1.165, 1.54) is 38.5 Å². The van der Waals surface area contributed by atoms with Crippen molar-refractivity contribution in [1.29, 1.82) is 0 Å². The lowest BCUT2D eigenvalue weighted by molar-refractivity contribution is 0.604. The molecule has 0 fully saturated rings. The Balaban J connectivity index is 2.34. The van der Waals surface area contributed by atoms with Crippen molar-refractivity contribution in [3.05, 3.63) is 12.2 Å². The van der Waals surface area contributed by atoms with Crippen LogP contribution in [0.4, 0.5) is 0 Å². The number of allylic oxidation sites excluding steroid dienone is 2. The van der Waals surface area contributed by atoms with Crippen molar-refractivity contribution in [2.75, 3.05) is 0 Å². The number of hydrogen-bond donors (Lipinski definition) is 0. The van der Waals surface area contributed by atoms with Gasteiger partial charge in [0.2, 0.25) is 0 Å². The molecule has 0 amide bonds. The van der Waals surface area contributed by atoms with Crippen LogP contribution < -0.4 is 0 Å². The highest BCUT2D eigenvalue weighted by atomic mass is 13.9. The lowest BCUT2D eigenvalue weighted by atomic mass is 10.1. The zero-order valence-corrected chi connectivity index (χ0v) is 8.81. The average molecular weight is 186 g/mol. The van der Waals surface area contributed by atoms with Gasteiger partial charge in [0, 0.05) is 12.8 Å². The lowest BCUT2D eigenvalue weighted by Crippen LogP contribution is -1.79. The molecule has 1 aliphatic carbocycles. The Morgan fingerprint density at radius 1 is 0.571 bits per heavy atom. The molecule has 0 N–H and O–H groups in total. The van der Waals surface area contributed by atoms with E-state index < -0.39 is 0 Å². The van der Waals surface area contributed by atoms with Crippen LogP contribution in [0.5, 0.6) is 0 Å². The van der Waals surface area contributed by atoms with Crippen molar-refractivity contribution in [1.82, 2.24) is 0 Å². The molecular weight excluding hydrogens is 168 g/mol. The van der Waals surface area contributed by atoms with Crippen molar-refractivity contribution in [2.45, 2.75) is 51.4 Å². The van der Waals surface area contributed by atoms with Gasteiger partial charge in [0.1, 0.15) is 0 Å². The van der Waals surface area contributed by atoms with Gasteiger partial charge in [-0.25, -0.2) is 0 Å². The lowest BCUT2D eigenvalue weighted by Gasteiger charge is -1.97. The van der Waals surface area contributed by atoms with E-state index in [9.17, 15) is 0 Å². The molecule has 0 saturated carbocycles.